The Kier molecular flexibility index (Phi) is 4.95. The third-order valence-corrected chi connectivity index (χ3v) is 4.96. The summed E-state index contributed by atoms with van der Waals surface area (Å²) in [6, 6.07) is 17.7. The van der Waals surface area contributed by atoms with Gasteiger partial charge in [0, 0.05) is 11.8 Å². The smallest absolute Gasteiger partial charge is 0.146 e. The molecule has 6 heteroatoms. The average Bonchev–Trinajstić information content (AvgIpc) is 3.14. The molecule has 0 spiro atoms. The van der Waals surface area contributed by atoms with Crippen molar-refractivity contribution in [3.63, 3.8) is 0 Å². The highest BCUT2D eigenvalue weighted by atomic mass is 16.5. The minimum absolute atomic E-state index is 0.0199. The fourth-order valence-corrected chi connectivity index (χ4v) is 3.51. The van der Waals surface area contributed by atoms with Crippen LogP contribution in [0.25, 0.3) is 22.2 Å². The maximum absolute atomic E-state index is 10.1. The summed E-state index contributed by atoms with van der Waals surface area (Å²) < 4.78 is 7.22. The van der Waals surface area contributed by atoms with E-state index in [0.29, 0.717) is 12.2 Å². The molecule has 4 aromatic rings. The Balaban J connectivity index is 1.79. The first-order chi connectivity index (χ1) is 13.7. The van der Waals surface area contributed by atoms with Crippen LogP contribution in [0.2, 0.25) is 0 Å². The van der Waals surface area contributed by atoms with Crippen molar-refractivity contribution in [2.24, 2.45) is 0 Å². The molecular weight excluding hydrogens is 352 g/mol. The summed E-state index contributed by atoms with van der Waals surface area (Å²) >= 11 is 0. The largest absolute Gasteiger partial charge is 0.497 e. The van der Waals surface area contributed by atoms with Crippen LogP contribution in [-0.2, 0) is 6.42 Å². The van der Waals surface area contributed by atoms with E-state index in [1.165, 1.54) is 6.33 Å². The molecule has 0 saturated carbocycles. The van der Waals surface area contributed by atoms with Gasteiger partial charge in [0.05, 0.1) is 25.1 Å². The van der Waals surface area contributed by atoms with Gasteiger partial charge in [0.2, 0.25) is 0 Å². The Morgan fingerprint density at radius 3 is 2.50 bits per heavy atom. The van der Waals surface area contributed by atoms with Crippen LogP contribution < -0.4 is 10.5 Å². The van der Waals surface area contributed by atoms with Crippen molar-refractivity contribution in [2.75, 3.05) is 19.5 Å². The van der Waals surface area contributed by atoms with Gasteiger partial charge in [-0.1, -0.05) is 42.5 Å². The number of hydrogen-bond acceptors (Lipinski definition) is 5. The van der Waals surface area contributed by atoms with Gasteiger partial charge in [-0.2, -0.15) is 0 Å². The van der Waals surface area contributed by atoms with Crippen LogP contribution in [0.1, 0.15) is 11.6 Å². The number of aromatic nitrogens is 3. The summed E-state index contributed by atoms with van der Waals surface area (Å²) in [5.74, 6) is 1.24. The minimum atomic E-state index is -0.178. The number of nitrogens with zero attached hydrogens (tertiary/aromatic N) is 3. The molecule has 0 unspecified atom stereocenters. The van der Waals surface area contributed by atoms with Gasteiger partial charge in [-0.15, -0.1) is 0 Å². The lowest BCUT2D eigenvalue weighted by molar-refractivity contribution is 0.230. The quantitative estimate of drug-likeness (QED) is 0.540. The number of anilines is 1. The van der Waals surface area contributed by atoms with Crippen molar-refractivity contribution in [1.29, 1.82) is 0 Å². The van der Waals surface area contributed by atoms with Crippen LogP contribution in [0, 0.1) is 0 Å². The van der Waals surface area contributed by atoms with E-state index < -0.39 is 0 Å². The Morgan fingerprint density at radius 2 is 1.82 bits per heavy atom. The van der Waals surface area contributed by atoms with E-state index >= 15 is 0 Å². The summed E-state index contributed by atoms with van der Waals surface area (Å²) in [5, 5.41) is 10.9. The molecular formula is C22H22N4O2. The van der Waals surface area contributed by atoms with Crippen molar-refractivity contribution in [3.05, 3.63) is 72.7 Å². The summed E-state index contributed by atoms with van der Waals surface area (Å²) in [7, 11) is 1.65. The van der Waals surface area contributed by atoms with E-state index in [0.717, 1.165) is 33.5 Å². The molecule has 0 aliphatic carbocycles. The highest BCUT2D eigenvalue weighted by molar-refractivity contribution is 6.00. The second-order valence-electron chi connectivity index (χ2n) is 6.66. The molecule has 2 aromatic heterocycles. The van der Waals surface area contributed by atoms with Gasteiger partial charge in [0.1, 0.15) is 23.5 Å². The molecule has 4 rings (SSSR count). The third-order valence-electron chi connectivity index (χ3n) is 4.96. The number of hydrogen-bond donors (Lipinski definition) is 2. The van der Waals surface area contributed by atoms with Crippen LogP contribution in [0.4, 0.5) is 5.82 Å². The fraction of sp³-hybridized carbons (Fsp3) is 0.182. The zero-order valence-electron chi connectivity index (χ0n) is 15.6. The van der Waals surface area contributed by atoms with Gasteiger partial charge in [-0.05, 0) is 29.7 Å². The first-order valence-corrected chi connectivity index (χ1v) is 9.11. The van der Waals surface area contributed by atoms with Gasteiger partial charge in [-0.3, -0.25) is 0 Å². The number of methoxy groups -OCH3 is 1. The van der Waals surface area contributed by atoms with Gasteiger partial charge in [0.15, 0.2) is 0 Å². The SMILES string of the molecule is COc1ccc(C[C@H](CO)n2cc(-c3ccccc3)c3c(N)ncnc32)cc1. The fourth-order valence-electron chi connectivity index (χ4n) is 3.51. The Labute approximate surface area is 163 Å². The number of benzene rings is 2. The van der Waals surface area contributed by atoms with Gasteiger partial charge >= 0.3 is 0 Å². The van der Waals surface area contributed by atoms with E-state index in [-0.39, 0.29) is 12.6 Å². The summed E-state index contributed by atoms with van der Waals surface area (Å²) in [4.78, 5) is 8.64. The van der Waals surface area contributed by atoms with E-state index in [1.807, 2.05) is 65.4 Å². The standard InChI is InChI=1S/C22H22N4O2/c1-28-18-9-7-15(8-10-18)11-17(13-27)26-12-19(16-5-3-2-4-6-16)20-21(23)24-14-25-22(20)26/h2-10,12,14,17,27H,11,13H2,1H3,(H2,23,24,25)/t17-/m1/s1. The summed E-state index contributed by atoms with van der Waals surface area (Å²) in [6.07, 6.45) is 4.13. The van der Waals surface area contributed by atoms with E-state index in [9.17, 15) is 5.11 Å². The minimum Gasteiger partial charge on any atom is -0.497 e. The van der Waals surface area contributed by atoms with Crippen LogP contribution in [0.5, 0.6) is 5.75 Å². The first kappa shape index (κ1) is 18.0. The lowest BCUT2D eigenvalue weighted by Crippen LogP contribution is -2.16. The van der Waals surface area contributed by atoms with Crippen LogP contribution in [-0.4, -0.2) is 33.4 Å². The van der Waals surface area contributed by atoms with Crippen molar-refractivity contribution < 1.29 is 9.84 Å². The van der Waals surface area contributed by atoms with Crippen molar-refractivity contribution in [3.8, 4) is 16.9 Å². The lowest BCUT2D eigenvalue weighted by atomic mass is 10.1. The van der Waals surface area contributed by atoms with Crippen molar-refractivity contribution in [1.82, 2.24) is 14.5 Å². The van der Waals surface area contributed by atoms with Crippen molar-refractivity contribution in [2.45, 2.75) is 12.5 Å². The molecule has 0 amide bonds. The molecule has 0 aliphatic rings. The molecule has 142 valence electrons. The topological polar surface area (TPSA) is 86.2 Å². The number of ether oxygens (including phenoxy) is 1. The van der Waals surface area contributed by atoms with Crippen LogP contribution in [0.15, 0.2) is 67.1 Å². The highest BCUT2D eigenvalue weighted by Crippen LogP contribution is 2.34. The number of nitrogens with two attached hydrogens (primary N) is 1. The zero-order valence-corrected chi connectivity index (χ0v) is 15.6. The predicted octanol–water partition coefficient (Wildman–Crippen LogP) is 3.47. The normalized spacial score (nSPS) is 12.2. The molecule has 0 bridgehead atoms. The second kappa shape index (κ2) is 7.70. The molecule has 0 aliphatic heterocycles. The summed E-state index contributed by atoms with van der Waals surface area (Å²) in [5.41, 5.74) is 10.0. The van der Waals surface area contributed by atoms with Gasteiger partial charge < -0.3 is 20.1 Å². The van der Waals surface area contributed by atoms with Crippen LogP contribution in [0.3, 0.4) is 0 Å². The van der Waals surface area contributed by atoms with E-state index in [1.54, 1.807) is 7.11 Å². The van der Waals surface area contributed by atoms with E-state index in [4.69, 9.17) is 10.5 Å². The number of nitrogen functional groups attached to an aromatic ring is 1. The lowest BCUT2D eigenvalue weighted by Gasteiger charge is -2.17. The Hall–Kier alpha value is -3.38. The molecule has 1 atom stereocenters. The molecule has 2 aromatic carbocycles. The second-order valence-corrected chi connectivity index (χ2v) is 6.66. The van der Waals surface area contributed by atoms with Gasteiger partial charge in [0.25, 0.3) is 0 Å². The summed E-state index contributed by atoms with van der Waals surface area (Å²) in [6.45, 7) is -0.0199. The highest BCUT2D eigenvalue weighted by Gasteiger charge is 2.20. The maximum Gasteiger partial charge on any atom is 0.146 e. The number of aliphatic hydroxyl groups is 1. The number of fused-ring (bicyclic) bond motifs is 1. The molecule has 6 nitrogen and oxygen atoms in total. The zero-order chi connectivity index (χ0) is 19.5. The monoisotopic (exact) mass is 374 g/mol. The Morgan fingerprint density at radius 1 is 1.07 bits per heavy atom. The number of rotatable bonds is 6. The maximum atomic E-state index is 10.1. The van der Waals surface area contributed by atoms with Gasteiger partial charge in [-0.25, -0.2) is 9.97 Å². The molecule has 0 fully saturated rings. The average molecular weight is 374 g/mol. The Bertz CT molecular complexity index is 1080. The van der Waals surface area contributed by atoms with E-state index in [2.05, 4.69) is 9.97 Å². The molecule has 2 heterocycles. The molecule has 0 radical (unpaired) electrons. The third kappa shape index (κ3) is 3.30. The molecule has 3 N–H and O–H groups in total. The van der Waals surface area contributed by atoms with Crippen molar-refractivity contribution >= 4 is 16.9 Å². The van der Waals surface area contributed by atoms with Crippen LogP contribution >= 0.6 is 0 Å². The first-order valence-electron chi connectivity index (χ1n) is 9.11. The molecule has 28 heavy (non-hydrogen) atoms. The predicted molar refractivity (Wildman–Crippen MR) is 110 cm³/mol. The molecule has 0 saturated heterocycles. The number of aliphatic hydroxyl groups excluding tert-OH is 1.